The monoisotopic (exact) mass is 508 g/mol. The SMILES string of the molecule is C=C1C[C@H](C)C[C@@H]2CC=C[C@@H](C/C=C\C(=O)O[C@H]([C@@H](O)/C=C/c3cccc(C)c3)C[C@@H]3O[C@H]3[C@@H](O)C1)O2. The maximum absolute atomic E-state index is 12.6. The lowest BCUT2D eigenvalue weighted by Crippen LogP contribution is -2.32. The van der Waals surface area contributed by atoms with Crippen LogP contribution in [0.1, 0.15) is 56.6 Å². The number of fused-ring (bicyclic) bond motifs is 3. The molecular weight excluding hydrogens is 468 g/mol. The van der Waals surface area contributed by atoms with E-state index in [4.69, 9.17) is 14.2 Å². The van der Waals surface area contributed by atoms with Gasteiger partial charge >= 0.3 is 5.97 Å². The van der Waals surface area contributed by atoms with E-state index in [0.29, 0.717) is 25.2 Å². The van der Waals surface area contributed by atoms with Crippen molar-refractivity contribution in [2.24, 2.45) is 5.92 Å². The number of aliphatic hydroxyl groups is 2. The second-order valence-corrected chi connectivity index (χ2v) is 10.8. The highest BCUT2D eigenvalue weighted by Crippen LogP contribution is 2.34. The molecule has 1 aromatic rings. The molecule has 6 nitrogen and oxygen atoms in total. The summed E-state index contributed by atoms with van der Waals surface area (Å²) in [7, 11) is 0. The standard InChI is InChI=1S/C31H40O6/c1-20-7-4-8-23(16-20)13-14-26(32)28-19-29-31(37-29)27(33)18-22(3)15-21(2)17-25-11-5-9-24(35-25)10-6-12-30(34)36-28/h4-9,12-14,16,21,24-29,31-33H,3,10-11,15,17-19H2,1-2H3/b12-6-,14-13+/t21-,24-,25-,26-,27-,28-,29-,31-/m0/s1. The van der Waals surface area contributed by atoms with E-state index in [1.165, 1.54) is 6.08 Å². The Morgan fingerprint density at radius 2 is 1.97 bits per heavy atom. The maximum Gasteiger partial charge on any atom is 0.330 e. The third kappa shape index (κ3) is 8.50. The average molecular weight is 509 g/mol. The number of carbonyl (C=O) groups is 1. The molecule has 4 rings (SSSR count). The van der Waals surface area contributed by atoms with Gasteiger partial charge in [-0.25, -0.2) is 4.79 Å². The van der Waals surface area contributed by atoms with Crippen LogP contribution in [0.4, 0.5) is 0 Å². The first-order valence-corrected chi connectivity index (χ1v) is 13.4. The van der Waals surface area contributed by atoms with Crippen LogP contribution in [0, 0.1) is 12.8 Å². The Bertz CT molecular complexity index is 1030. The minimum Gasteiger partial charge on any atom is -0.456 e. The molecule has 0 unspecified atom stereocenters. The lowest BCUT2D eigenvalue weighted by molar-refractivity contribution is -0.147. The number of aryl methyl sites for hydroxylation is 1. The lowest BCUT2D eigenvalue weighted by Gasteiger charge is -2.28. The molecule has 1 aromatic carbocycles. The number of ether oxygens (including phenoxy) is 3. The van der Waals surface area contributed by atoms with Gasteiger partial charge in [-0.1, -0.05) is 79.3 Å². The van der Waals surface area contributed by atoms with Crippen molar-refractivity contribution in [3.63, 3.8) is 0 Å². The van der Waals surface area contributed by atoms with Crippen LogP contribution in [0.2, 0.25) is 0 Å². The molecule has 0 saturated carbocycles. The number of rotatable bonds is 3. The molecule has 1 fully saturated rings. The number of benzene rings is 1. The highest BCUT2D eigenvalue weighted by molar-refractivity contribution is 5.82. The molecule has 0 spiro atoms. The van der Waals surface area contributed by atoms with Gasteiger partial charge in [0.2, 0.25) is 0 Å². The Balaban J connectivity index is 1.47. The van der Waals surface area contributed by atoms with E-state index in [9.17, 15) is 15.0 Å². The minimum absolute atomic E-state index is 0.0850. The average Bonchev–Trinajstić information content (AvgIpc) is 3.61. The predicted octanol–water partition coefficient (Wildman–Crippen LogP) is 4.84. The number of hydrogen-bond donors (Lipinski definition) is 2. The first-order chi connectivity index (χ1) is 17.8. The van der Waals surface area contributed by atoms with Crippen molar-refractivity contribution >= 4 is 12.0 Å². The van der Waals surface area contributed by atoms with E-state index in [1.54, 1.807) is 12.2 Å². The van der Waals surface area contributed by atoms with E-state index in [-0.39, 0.29) is 24.4 Å². The molecule has 200 valence electrons. The number of hydrogen-bond acceptors (Lipinski definition) is 6. The van der Waals surface area contributed by atoms with Crippen molar-refractivity contribution < 1.29 is 29.2 Å². The summed E-state index contributed by atoms with van der Waals surface area (Å²) < 4.78 is 17.7. The van der Waals surface area contributed by atoms with Gasteiger partial charge in [0.05, 0.1) is 24.4 Å². The number of carbonyl (C=O) groups excluding carboxylic acids is 1. The molecular formula is C31H40O6. The van der Waals surface area contributed by atoms with Crippen LogP contribution >= 0.6 is 0 Å². The summed E-state index contributed by atoms with van der Waals surface area (Å²) in [6.45, 7) is 8.39. The Hall–Kier alpha value is -2.51. The zero-order chi connectivity index (χ0) is 26.4. The van der Waals surface area contributed by atoms with Gasteiger partial charge < -0.3 is 24.4 Å². The van der Waals surface area contributed by atoms with Crippen molar-refractivity contribution in [1.82, 2.24) is 0 Å². The first kappa shape index (κ1) is 27.5. The summed E-state index contributed by atoms with van der Waals surface area (Å²) in [6, 6.07) is 7.92. The minimum atomic E-state index is -1.02. The van der Waals surface area contributed by atoms with E-state index < -0.39 is 24.3 Å². The highest BCUT2D eigenvalue weighted by Gasteiger charge is 2.46. The van der Waals surface area contributed by atoms with Crippen LogP contribution in [0.25, 0.3) is 6.08 Å². The van der Waals surface area contributed by atoms with E-state index in [2.05, 4.69) is 19.6 Å². The molecule has 0 aromatic heterocycles. The summed E-state index contributed by atoms with van der Waals surface area (Å²) in [5.74, 6) is -0.137. The van der Waals surface area contributed by atoms with Gasteiger partial charge in [-0.15, -0.1) is 0 Å². The van der Waals surface area contributed by atoms with Crippen molar-refractivity contribution in [2.45, 2.75) is 95.1 Å². The van der Waals surface area contributed by atoms with Gasteiger partial charge in [-0.05, 0) is 50.5 Å². The van der Waals surface area contributed by atoms with Gasteiger partial charge in [0.1, 0.15) is 18.3 Å². The summed E-state index contributed by atoms with van der Waals surface area (Å²) in [4.78, 5) is 12.6. The van der Waals surface area contributed by atoms with Crippen LogP contribution in [-0.2, 0) is 19.0 Å². The fourth-order valence-corrected chi connectivity index (χ4v) is 5.30. The molecule has 6 heteroatoms. The quantitative estimate of drug-likeness (QED) is 0.345. The smallest absolute Gasteiger partial charge is 0.330 e. The Morgan fingerprint density at radius 3 is 2.78 bits per heavy atom. The fraction of sp³-hybridized carbons (Fsp3) is 0.516. The van der Waals surface area contributed by atoms with Crippen LogP contribution in [0.15, 0.2) is 66.8 Å². The molecule has 0 radical (unpaired) electrons. The molecule has 2 bridgehead atoms. The number of cyclic esters (lactones) is 1. The molecule has 3 aliphatic heterocycles. The van der Waals surface area contributed by atoms with E-state index in [1.807, 2.05) is 43.3 Å². The van der Waals surface area contributed by atoms with Gasteiger partial charge in [0, 0.05) is 12.5 Å². The lowest BCUT2D eigenvalue weighted by atomic mass is 9.91. The number of esters is 1. The number of aliphatic hydroxyl groups excluding tert-OH is 2. The van der Waals surface area contributed by atoms with E-state index >= 15 is 0 Å². The largest absolute Gasteiger partial charge is 0.456 e. The normalized spacial score (nSPS) is 35.2. The summed E-state index contributed by atoms with van der Waals surface area (Å²) >= 11 is 0. The highest BCUT2D eigenvalue weighted by atomic mass is 16.6. The summed E-state index contributed by atoms with van der Waals surface area (Å²) in [6.07, 6.45) is 11.6. The first-order valence-electron chi connectivity index (χ1n) is 13.4. The molecule has 2 N–H and O–H groups in total. The van der Waals surface area contributed by atoms with Crippen molar-refractivity contribution in [3.05, 3.63) is 77.9 Å². The molecule has 37 heavy (non-hydrogen) atoms. The van der Waals surface area contributed by atoms with Crippen LogP contribution in [0.5, 0.6) is 0 Å². The Labute approximate surface area is 220 Å². The second kappa shape index (κ2) is 12.8. The topological polar surface area (TPSA) is 88.5 Å². The fourth-order valence-electron chi connectivity index (χ4n) is 5.30. The summed E-state index contributed by atoms with van der Waals surface area (Å²) in [5, 5.41) is 21.7. The van der Waals surface area contributed by atoms with Gasteiger partial charge in [0.25, 0.3) is 0 Å². The van der Waals surface area contributed by atoms with E-state index in [0.717, 1.165) is 36.0 Å². The van der Waals surface area contributed by atoms with Gasteiger partial charge in [0.15, 0.2) is 0 Å². The number of epoxide rings is 1. The summed E-state index contributed by atoms with van der Waals surface area (Å²) in [5.41, 5.74) is 3.06. The third-order valence-electron chi connectivity index (χ3n) is 7.18. The van der Waals surface area contributed by atoms with Crippen LogP contribution in [-0.4, -0.2) is 58.9 Å². The predicted molar refractivity (Wildman–Crippen MR) is 144 cm³/mol. The Kier molecular flexibility index (Phi) is 9.54. The molecule has 8 atom stereocenters. The molecule has 0 amide bonds. The third-order valence-corrected chi connectivity index (χ3v) is 7.18. The van der Waals surface area contributed by atoms with Crippen molar-refractivity contribution in [1.29, 1.82) is 0 Å². The van der Waals surface area contributed by atoms with Crippen LogP contribution in [0.3, 0.4) is 0 Å². The van der Waals surface area contributed by atoms with Gasteiger partial charge in [-0.2, -0.15) is 0 Å². The molecule has 3 heterocycles. The van der Waals surface area contributed by atoms with Crippen molar-refractivity contribution in [3.8, 4) is 0 Å². The molecule has 0 aliphatic carbocycles. The Morgan fingerprint density at radius 1 is 1.14 bits per heavy atom. The van der Waals surface area contributed by atoms with Gasteiger partial charge in [-0.3, -0.25) is 0 Å². The maximum atomic E-state index is 12.6. The van der Waals surface area contributed by atoms with Crippen LogP contribution < -0.4 is 0 Å². The zero-order valence-electron chi connectivity index (χ0n) is 21.9. The zero-order valence-corrected chi connectivity index (χ0v) is 21.9. The molecule has 1 saturated heterocycles. The molecule has 3 aliphatic rings. The second-order valence-electron chi connectivity index (χ2n) is 10.8. The van der Waals surface area contributed by atoms with Crippen molar-refractivity contribution in [2.75, 3.05) is 0 Å².